The van der Waals surface area contributed by atoms with Crippen LogP contribution in [0.5, 0.6) is 0 Å². The van der Waals surface area contributed by atoms with Crippen LogP contribution in [0.15, 0.2) is 18.2 Å². The number of rotatable bonds is 1. The number of alkyl halides is 3. The molecule has 0 amide bonds. The molecule has 1 aromatic carbocycles. The SMILES string of the molecule is CC1CNCCN(c2ccc(F)c(C(F)(F)F)c2)C1. The normalized spacial score (nSPS) is 21.3. The zero-order chi connectivity index (χ0) is 14.0. The highest BCUT2D eigenvalue weighted by Crippen LogP contribution is 2.34. The molecule has 1 saturated heterocycles. The fourth-order valence-electron chi connectivity index (χ4n) is 2.26. The standard InChI is InChI=1S/C13H16F4N2/c1-9-7-18-4-5-19(8-9)10-2-3-12(14)11(6-10)13(15,16)17/h2-3,6,9,18H,4-5,7-8H2,1H3. The van der Waals surface area contributed by atoms with Crippen LogP contribution in [0.3, 0.4) is 0 Å². The van der Waals surface area contributed by atoms with Gasteiger partial charge in [0.1, 0.15) is 5.82 Å². The molecule has 0 aliphatic carbocycles. The highest BCUT2D eigenvalue weighted by molar-refractivity contribution is 5.50. The van der Waals surface area contributed by atoms with Crippen LogP contribution in [0, 0.1) is 11.7 Å². The smallest absolute Gasteiger partial charge is 0.370 e. The molecule has 1 fully saturated rings. The Labute approximate surface area is 109 Å². The maximum Gasteiger partial charge on any atom is 0.419 e. The molecule has 19 heavy (non-hydrogen) atoms. The number of anilines is 1. The van der Waals surface area contributed by atoms with Crippen molar-refractivity contribution in [2.75, 3.05) is 31.1 Å². The van der Waals surface area contributed by atoms with Crippen LogP contribution in [0.25, 0.3) is 0 Å². The first kappa shape index (κ1) is 14.1. The zero-order valence-corrected chi connectivity index (χ0v) is 10.6. The summed E-state index contributed by atoms with van der Waals surface area (Å²) in [6.45, 7) is 4.86. The lowest BCUT2D eigenvalue weighted by Crippen LogP contribution is -2.29. The average Bonchev–Trinajstić information content (AvgIpc) is 2.53. The van der Waals surface area contributed by atoms with E-state index in [0.717, 1.165) is 18.7 Å². The lowest BCUT2D eigenvalue weighted by Gasteiger charge is -2.25. The Hall–Kier alpha value is -1.30. The maximum absolute atomic E-state index is 13.2. The summed E-state index contributed by atoms with van der Waals surface area (Å²) in [5.41, 5.74) is -0.779. The van der Waals surface area contributed by atoms with Crippen molar-refractivity contribution in [1.29, 1.82) is 0 Å². The third-order valence-corrected chi connectivity index (χ3v) is 3.20. The van der Waals surface area contributed by atoms with E-state index in [1.165, 1.54) is 6.07 Å². The van der Waals surface area contributed by atoms with E-state index in [1.807, 2.05) is 11.8 Å². The number of halogens is 4. The van der Waals surface area contributed by atoms with Gasteiger partial charge in [-0.15, -0.1) is 0 Å². The van der Waals surface area contributed by atoms with E-state index < -0.39 is 17.6 Å². The Morgan fingerprint density at radius 2 is 2.05 bits per heavy atom. The molecule has 1 N–H and O–H groups in total. The lowest BCUT2D eigenvalue weighted by molar-refractivity contribution is -0.139. The van der Waals surface area contributed by atoms with Gasteiger partial charge in [0.2, 0.25) is 0 Å². The van der Waals surface area contributed by atoms with Crippen molar-refractivity contribution in [3.8, 4) is 0 Å². The first-order valence-electron chi connectivity index (χ1n) is 6.20. The van der Waals surface area contributed by atoms with Gasteiger partial charge in [-0.1, -0.05) is 6.92 Å². The van der Waals surface area contributed by atoms with Crippen LogP contribution < -0.4 is 10.2 Å². The van der Waals surface area contributed by atoms with Gasteiger partial charge in [-0.2, -0.15) is 13.2 Å². The molecule has 106 valence electrons. The predicted octanol–water partition coefficient (Wildman–Crippen LogP) is 2.89. The van der Waals surface area contributed by atoms with Crippen molar-refractivity contribution in [2.45, 2.75) is 13.1 Å². The minimum atomic E-state index is -4.66. The molecular weight excluding hydrogens is 260 g/mol. The molecule has 2 rings (SSSR count). The Balaban J connectivity index is 2.29. The molecule has 1 unspecified atom stereocenters. The van der Waals surface area contributed by atoms with E-state index in [4.69, 9.17) is 0 Å². The molecule has 1 aromatic rings. The highest BCUT2D eigenvalue weighted by atomic mass is 19.4. The fourth-order valence-corrected chi connectivity index (χ4v) is 2.26. The summed E-state index contributed by atoms with van der Waals surface area (Å²) in [7, 11) is 0. The van der Waals surface area contributed by atoms with Gasteiger partial charge in [0, 0.05) is 25.3 Å². The van der Waals surface area contributed by atoms with Crippen molar-refractivity contribution in [3.05, 3.63) is 29.6 Å². The van der Waals surface area contributed by atoms with Crippen molar-refractivity contribution < 1.29 is 17.6 Å². The summed E-state index contributed by atoms with van der Waals surface area (Å²) in [5, 5.41) is 3.22. The fraction of sp³-hybridized carbons (Fsp3) is 0.538. The van der Waals surface area contributed by atoms with Crippen molar-refractivity contribution >= 4 is 5.69 Å². The second-order valence-corrected chi connectivity index (χ2v) is 4.92. The predicted molar refractivity (Wildman–Crippen MR) is 65.6 cm³/mol. The molecule has 1 heterocycles. The largest absolute Gasteiger partial charge is 0.419 e. The minimum Gasteiger partial charge on any atom is -0.370 e. The molecule has 1 aliphatic rings. The van der Waals surface area contributed by atoms with Crippen molar-refractivity contribution in [3.63, 3.8) is 0 Å². The molecule has 1 atom stereocenters. The Bertz CT molecular complexity index is 445. The summed E-state index contributed by atoms with van der Waals surface area (Å²) >= 11 is 0. The Morgan fingerprint density at radius 1 is 1.32 bits per heavy atom. The molecule has 0 radical (unpaired) electrons. The van der Waals surface area contributed by atoms with E-state index in [9.17, 15) is 17.6 Å². The van der Waals surface area contributed by atoms with Crippen LogP contribution in [0.2, 0.25) is 0 Å². The van der Waals surface area contributed by atoms with Crippen LogP contribution in [0.4, 0.5) is 23.2 Å². The van der Waals surface area contributed by atoms with E-state index in [0.29, 0.717) is 31.2 Å². The molecule has 2 nitrogen and oxygen atoms in total. The van der Waals surface area contributed by atoms with E-state index in [2.05, 4.69) is 5.32 Å². The molecule has 0 bridgehead atoms. The molecule has 0 aromatic heterocycles. The van der Waals surface area contributed by atoms with Crippen LogP contribution in [-0.2, 0) is 6.18 Å². The number of hydrogen-bond donors (Lipinski definition) is 1. The summed E-state index contributed by atoms with van der Waals surface area (Å²) < 4.78 is 51.3. The lowest BCUT2D eigenvalue weighted by atomic mass is 10.1. The average molecular weight is 276 g/mol. The quantitative estimate of drug-likeness (QED) is 0.793. The van der Waals surface area contributed by atoms with Gasteiger partial charge >= 0.3 is 6.18 Å². The van der Waals surface area contributed by atoms with Crippen molar-refractivity contribution in [1.82, 2.24) is 5.32 Å². The van der Waals surface area contributed by atoms with E-state index >= 15 is 0 Å². The molecular formula is C13H16F4N2. The summed E-state index contributed by atoms with van der Waals surface area (Å²) in [6, 6.07) is 3.19. The third kappa shape index (κ3) is 3.37. The molecule has 6 heteroatoms. The third-order valence-electron chi connectivity index (χ3n) is 3.20. The highest BCUT2D eigenvalue weighted by Gasteiger charge is 2.34. The van der Waals surface area contributed by atoms with Gasteiger partial charge < -0.3 is 10.2 Å². The Kier molecular flexibility index (Phi) is 3.99. The van der Waals surface area contributed by atoms with E-state index in [1.54, 1.807) is 0 Å². The maximum atomic E-state index is 13.2. The topological polar surface area (TPSA) is 15.3 Å². The number of hydrogen-bond acceptors (Lipinski definition) is 2. The zero-order valence-electron chi connectivity index (χ0n) is 10.6. The van der Waals surface area contributed by atoms with E-state index in [-0.39, 0.29) is 0 Å². The number of nitrogens with one attached hydrogen (secondary N) is 1. The van der Waals surface area contributed by atoms with Crippen molar-refractivity contribution in [2.24, 2.45) is 5.92 Å². The van der Waals surface area contributed by atoms with Gasteiger partial charge in [0.25, 0.3) is 0 Å². The van der Waals surface area contributed by atoms with Gasteiger partial charge in [0.15, 0.2) is 0 Å². The second kappa shape index (κ2) is 5.36. The molecule has 0 saturated carbocycles. The molecule has 1 aliphatic heterocycles. The first-order chi connectivity index (χ1) is 8.88. The summed E-state index contributed by atoms with van der Waals surface area (Å²) in [5.74, 6) is -0.890. The van der Waals surface area contributed by atoms with Gasteiger partial charge in [-0.25, -0.2) is 4.39 Å². The number of benzene rings is 1. The van der Waals surface area contributed by atoms with Gasteiger partial charge in [0.05, 0.1) is 5.56 Å². The van der Waals surface area contributed by atoms with Crippen LogP contribution in [-0.4, -0.2) is 26.2 Å². The van der Waals surface area contributed by atoms with Gasteiger partial charge in [-0.05, 0) is 30.7 Å². The minimum absolute atomic E-state index is 0.335. The summed E-state index contributed by atoms with van der Waals surface area (Å²) in [4.78, 5) is 1.86. The number of nitrogens with zero attached hydrogens (tertiary/aromatic N) is 1. The summed E-state index contributed by atoms with van der Waals surface area (Å²) in [6.07, 6.45) is -4.66. The Morgan fingerprint density at radius 3 is 2.74 bits per heavy atom. The van der Waals surface area contributed by atoms with Gasteiger partial charge in [-0.3, -0.25) is 0 Å². The second-order valence-electron chi connectivity index (χ2n) is 4.92. The van der Waals surface area contributed by atoms with Crippen LogP contribution >= 0.6 is 0 Å². The molecule has 0 spiro atoms. The first-order valence-corrected chi connectivity index (χ1v) is 6.20. The van der Waals surface area contributed by atoms with Crippen LogP contribution in [0.1, 0.15) is 12.5 Å². The monoisotopic (exact) mass is 276 g/mol.